The summed E-state index contributed by atoms with van der Waals surface area (Å²) in [6.07, 6.45) is -0.841. The number of ether oxygens (including phenoxy) is 1. The lowest BCUT2D eigenvalue weighted by Crippen LogP contribution is -2.24. The average molecular weight is 224 g/mol. The largest absolute Gasteiger partial charge is 0.394 e. The van der Waals surface area contributed by atoms with Gasteiger partial charge >= 0.3 is 0 Å². The third-order valence-corrected chi connectivity index (χ3v) is 2.90. The highest BCUT2D eigenvalue weighted by Crippen LogP contribution is 2.34. The van der Waals surface area contributed by atoms with Crippen molar-refractivity contribution in [2.75, 3.05) is 12.3 Å². The second kappa shape index (κ2) is 4.37. The summed E-state index contributed by atoms with van der Waals surface area (Å²) in [7, 11) is 0. The van der Waals surface area contributed by atoms with Crippen LogP contribution in [-0.4, -0.2) is 34.0 Å². The summed E-state index contributed by atoms with van der Waals surface area (Å²) in [6, 6.07) is 3.57. The molecule has 1 fully saturated rings. The third-order valence-electron chi connectivity index (χ3n) is 2.90. The second-order valence-electron chi connectivity index (χ2n) is 4.06. The van der Waals surface area contributed by atoms with Crippen molar-refractivity contribution in [1.82, 2.24) is 4.98 Å². The fourth-order valence-corrected chi connectivity index (χ4v) is 2.02. The molecule has 0 amide bonds. The molecule has 0 aromatic carbocycles. The van der Waals surface area contributed by atoms with Crippen LogP contribution in [0, 0.1) is 6.92 Å². The van der Waals surface area contributed by atoms with Gasteiger partial charge in [-0.05, 0) is 13.0 Å². The van der Waals surface area contributed by atoms with Gasteiger partial charge in [-0.3, -0.25) is 0 Å². The number of hydrogen-bond donors (Lipinski definition) is 3. The van der Waals surface area contributed by atoms with Gasteiger partial charge < -0.3 is 20.7 Å². The highest BCUT2D eigenvalue weighted by Gasteiger charge is 2.34. The quantitative estimate of drug-likeness (QED) is 0.665. The lowest BCUT2D eigenvalue weighted by molar-refractivity contribution is -0.0227. The Labute approximate surface area is 93.9 Å². The van der Waals surface area contributed by atoms with E-state index < -0.39 is 12.2 Å². The Hall–Kier alpha value is -1.17. The SMILES string of the molecule is Cc1nc(N)ccc1[C@H]1C[C@H](O)[C@@H](CO)O1. The molecule has 1 aromatic heterocycles. The summed E-state index contributed by atoms with van der Waals surface area (Å²) in [4.78, 5) is 4.15. The van der Waals surface area contributed by atoms with E-state index in [2.05, 4.69) is 4.98 Å². The molecule has 3 atom stereocenters. The van der Waals surface area contributed by atoms with Crippen LogP contribution in [0.4, 0.5) is 5.82 Å². The van der Waals surface area contributed by atoms with Gasteiger partial charge in [0.25, 0.3) is 0 Å². The van der Waals surface area contributed by atoms with Crippen LogP contribution in [0.3, 0.4) is 0 Å². The Bertz CT molecular complexity index is 383. The smallest absolute Gasteiger partial charge is 0.123 e. The first kappa shape index (κ1) is 11.3. The van der Waals surface area contributed by atoms with E-state index in [1.165, 1.54) is 0 Å². The van der Waals surface area contributed by atoms with Crippen LogP contribution >= 0.6 is 0 Å². The zero-order valence-corrected chi connectivity index (χ0v) is 9.13. The number of aromatic nitrogens is 1. The highest BCUT2D eigenvalue weighted by atomic mass is 16.5. The Kier molecular flexibility index (Phi) is 3.09. The summed E-state index contributed by atoms with van der Waals surface area (Å²) in [5.41, 5.74) is 7.29. The molecule has 16 heavy (non-hydrogen) atoms. The molecule has 0 saturated carbocycles. The van der Waals surface area contributed by atoms with Gasteiger partial charge in [-0.2, -0.15) is 0 Å². The first-order valence-electron chi connectivity index (χ1n) is 5.29. The van der Waals surface area contributed by atoms with Crippen LogP contribution in [-0.2, 0) is 4.74 Å². The number of nitrogens with two attached hydrogens (primary N) is 1. The van der Waals surface area contributed by atoms with Crippen LogP contribution in [0.2, 0.25) is 0 Å². The topological polar surface area (TPSA) is 88.6 Å². The van der Waals surface area contributed by atoms with Crippen molar-refractivity contribution >= 4 is 5.82 Å². The summed E-state index contributed by atoms with van der Waals surface area (Å²) in [6.45, 7) is 1.69. The van der Waals surface area contributed by atoms with E-state index in [-0.39, 0.29) is 12.7 Å². The maximum atomic E-state index is 9.64. The number of anilines is 1. The van der Waals surface area contributed by atoms with E-state index in [1.807, 2.05) is 13.0 Å². The van der Waals surface area contributed by atoms with E-state index in [0.29, 0.717) is 12.2 Å². The van der Waals surface area contributed by atoms with Gasteiger partial charge in [0.05, 0.1) is 18.8 Å². The summed E-state index contributed by atoms with van der Waals surface area (Å²) in [5.74, 6) is 0.471. The predicted octanol–water partition coefficient (Wildman–Crippen LogP) is 0.155. The third kappa shape index (κ3) is 2.02. The maximum absolute atomic E-state index is 9.64. The van der Waals surface area contributed by atoms with E-state index in [4.69, 9.17) is 15.6 Å². The molecular formula is C11H16N2O3. The van der Waals surface area contributed by atoms with Gasteiger partial charge in [0.1, 0.15) is 11.9 Å². The standard InChI is InChI=1S/C11H16N2O3/c1-6-7(2-3-11(12)13-6)9-4-8(15)10(5-14)16-9/h2-3,8-10,14-15H,4-5H2,1H3,(H2,12,13)/t8-,9+,10+/m0/s1. The number of aryl methyl sites for hydroxylation is 1. The molecule has 2 rings (SSSR count). The lowest BCUT2D eigenvalue weighted by atomic mass is 10.0. The van der Waals surface area contributed by atoms with Crippen molar-refractivity contribution in [2.45, 2.75) is 31.7 Å². The van der Waals surface area contributed by atoms with Crippen molar-refractivity contribution in [3.05, 3.63) is 23.4 Å². The summed E-state index contributed by atoms with van der Waals surface area (Å²) < 4.78 is 5.55. The predicted molar refractivity (Wildman–Crippen MR) is 58.7 cm³/mol. The number of pyridine rings is 1. The number of nitrogen functional groups attached to an aromatic ring is 1. The zero-order valence-electron chi connectivity index (χ0n) is 9.13. The van der Waals surface area contributed by atoms with Crippen molar-refractivity contribution < 1.29 is 14.9 Å². The van der Waals surface area contributed by atoms with Crippen LogP contribution < -0.4 is 5.73 Å². The van der Waals surface area contributed by atoms with Gasteiger partial charge in [0.2, 0.25) is 0 Å². The van der Waals surface area contributed by atoms with Crippen LogP contribution in [0.1, 0.15) is 23.8 Å². The summed E-state index contributed by atoms with van der Waals surface area (Å²) in [5, 5.41) is 18.6. The van der Waals surface area contributed by atoms with E-state index in [0.717, 1.165) is 11.3 Å². The molecule has 0 aliphatic carbocycles. The number of rotatable bonds is 2. The Morgan fingerprint density at radius 1 is 1.56 bits per heavy atom. The first-order chi connectivity index (χ1) is 7.61. The molecule has 1 saturated heterocycles. The molecule has 2 heterocycles. The van der Waals surface area contributed by atoms with Gasteiger partial charge in [0.15, 0.2) is 0 Å². The number of hydrogen-bond acceptors (Lipinski definition) is 5. The molecule has 0 radical (unpaired) electrons. The Morgan fingerprint density at radius 3 is 2.88 bits per heavy atom. The normalized spacial score (nSPS) is 29.6. The fourth-order valence-electron chi connectivity index (χ4n) is 2.02. The molecule has 0 bridgehead atoms. The molecular weight excluding hydrogens is 208 g/mol. The summed E-state index contributed by atoms with van der Waals surface area (Å²) >= 11 is 0. The number of aliphatic hydroxyl groups excluding tert-OH is 2. The van der Waals surface area contributed by atoms with Gasteiger partial charge in [0, 0.05) is 17.7 Å². The van der Waals surface area contributed by atoms with Crippen molar-refractivity contribution in [1.29, 1.82) is 0 Å². The molecule has 5 heteroatoms. The Balaban J connectivity index is 2.20. The molecule has 4 N–H and O–H groups in total. The average Bonchev–Trinajstić information content (AvgIpc) is 2.59. The van der Waals surface area contributed by atoms with Gasteiger partial charge in [-0.15, -0.1) is 0 Å². The Morgan fingerprint density at radius 2 is 2.31 bits per heavy atom. The number of aliphatic hydroxyl groups is 2. The lowest BCUT2D eigenvalue weighted by Gasteiger charge is -2.14. The molecule has 0 spiro atoms. The minimum Gasteiger partial charge on any atom is -0.394 e. The monoisotopic (exact) mass is 224 g/mol. The van der Waals surface area contributed by atoms with Crippen molar-refractivity contribution in [2.24, 2.45) is 0 Å². The minimum atomic E-state index is -0.619. The molecule has 1 aliphatic rings. The molecule has 5 nitrogen and oxygen atoms in total. The maximum Gasteiger partial charge on any atom is 0.123 e. The fraction of sp³-hybridized carbons (Fsp3) is 0.545. The highest BCUT2D eigenvalue weighted by molar-refractivity contribution is 5.35. The van der Waals surface area contributed by atoms with Crippen molar-refractivity contribution in [3.63, 3.8) is 0 Å². The van der Waals surface area contributed by atoms with Crippen LogP contribution in [0.15, 0.2) is 12.1 Å². The number of nitrogens with zero attached hydrogens (tertiary/aromatic N) is 1. The molecule has 1 aliphatic heterocycles. The van der Waals surface area contributed by atoms with Crippen LogP contribution in [0.25, 0.3) is 0 Å². The van der Waals surface area contributed by atoms with Crippen LogP contribution in [0.5, 0.6) is 0 Å². The minimum absolute atomic E-state index is 0.168. The first-order valence-corrected chi connectivity index (χ1v) is 5.29. The second-order valence-corrected chi connectivity index (χ2v) is 4.06. The van der Waals surface area contributed by atoms with E-state index >= 15 is 0 Å². The van der Waals surface area contributed by atoms with Crippen molar-refractivity contribution in [3.8, 4) is 0 Å². The van der Waals surface area contributed by atoms with Gasteiger partial charge in [-0.25, -0.2) is 4.98 Å². The van der Waals surface area contributed by atoms with E-state index in [9.17, 15) is 5.11 Å². The van der Waals surface area contributed by atoms with Gasteiger partial charge in [-0.1, -0.05) is 6.07 Å². The molecule has 88 valence electrons. The zero-order chi connectivity index (χ0) is 11.7. The molecule has 0 unspecified atom stereocenters. The van der Waals surface area contributed by atoms with E-state index in [1.54, 1.807) is 6.07 Å². The molecule has 1 aromatic rings.